The number of rotatable bonds is 7. The molecule has 1 heterocycles. The quantitative estimate of drug-likeness (QED) is 0.546. The number of carbonyl (C=O) groups excluding carboxylic acids is 1. The second kappa shape index (κ2) is 8.33. The molecule has 0 radical (unpaired) electrons. The van der Waals surface area contributed by atoms with E-state index in [-0.39, 0.29) is 24.1 Å². The first kappa shape index (κ1) is 20.6. The number of aryl methyl sites for hydroxylation is 1. The van der Waals surface area contributed by atoms with Gasteiger partial charge in [0.05, 0.1) is 23.1 Å². The largest absolute Gasteiger partial charge is 0.339 e. The summed E-state index contributed by atoms with van der Waals surface area (Å²) in [6, 6.07) is 6.16. The highest BCUT2D eigenvalue weighted by atomic mass is 16.6. The van der Waals surface area contributed by atoms with Gasteiger partial charge < -0.3 is 4.90 Å². The molecule has 1 aromatic heterocycles. The van der Waals surface area contributed by atoms with Crippen LogP contribution in [0.3, 0.4) is 0 Å². The van der Waals surface area contributed by atoms with Crippen LogP contribution < -0.4 is 0 Å². The van der Waals surface area contributed by atoms with E-state index in [9.17, 15) is 14.9 Å². The first-order valence-electron chi connectivity index (χ1n) is 9.14. The number of hydrogen-bond donors (Lipinski definition) is 0. The molecule has 0 unspecified atom stereocenters. The van der Waals surface area contributed by atoms with E-state index < -0.39 is 4.92 Å². The molecule has 0 aliphatic rings. The van der Waals surface area contributed by atoms with Crippen LogP contribution in [-0.4, -0.2) is 32.6 Å². The Morgan fingerprint density at radius 3 is 2.56 bits per heavy atom. The van der Waals surface area contributed by atoms with E-state index in [0.717, 1.165) is 29.1 Å². The monoisotopic (exact) mass is 372 g/mol. The van der Waals surface area contributed by atoms with Gasteiger partial charge in [0.15, 0.2) is 0 Å². The maximum atomic E-state index is 12.8. The SMILES string of the molecule is Cc1nn(CC(C)C)c(C)c1CC(=O)N(C)[C@H](C)c1cccc([N+](=O)[O-])c1. The first-order valence-corrected chi connectivity index (χ1v) is 9.14. The van der Waals surface area contributed by atoms with Gasteiger partial charge in [-0.2, -0.15) is 5.10 Å². The number of nitro benzene ring substituents is 1. The van der Waals surface area contributed by atoms with Crippen molar-refractivity contribution in [2.45, 2.75) is 53.6 Å². The summed E-state index contributed by atoms with van der Waals surface area (Å²) in [5, 5.41) is 15.6. The maximum absolute atomic E-state index is 12.8. The average molecular weight is 372 g/mol. The highest BCUT2D eigenvalue weighted by molar-refractivity contribution is 5.79. The van der Waals surface area contributed by atoms with Crippen molar-refractivity contribution in [2.24, 2.45) is 5.92 Å². The molecule has 0 aliphatic heterocycles. The first-order chi connectivity index (χ1) is 12.6. The van der Waals surface area contributed by atoms with E-state index in [0.29, 0.717) is 5.92 Å². The summed E-state index contributed by atoms with van der Waals surface area (Å²) >= 11 is 0. The van der Waals surface area contributed by atoms with Gasteiger partial charge in [-0.15, -0.1) is 0 Å². The molecule has 0 bridgehead atoms. The van der Waals surface area contributed by atoms with Crippen LogP contribution in [0.15, 0.2) is 24.3 Å². The number of amides is 1. The third kappa shape index (κ3) is 4.72. The minimum absolute atomic E-state index is 0.0295. The van der Waals surface area contributed by atoms with Crippen molar-refractivity contribution in [3.05, 3.63) is 56.9 Å². The fraction of sp³-hybridized carbons (Fsp3) is 0.500. The molecule has 2 aromatic rings. The number of nitro groups is 1. The number of hydrogen-bond acceptors (Lipinski definition) is 4. The van der Waals surface area contributed by atoms with Crippen molar-refractivity contribution in [2.75, 3.05) is 7.05 Å². The number of aromatic nitrogens is 2. The zero-order chi connectivity index (χ0) is 20.3. The third-order valence-electron chi connectivity index (χ3n) is 4.94. The summed E-state index contributed by atoms with van der Waals surface area (Å²) in [5.41, 5.74) is 3.62. The van der Waals surface area contributed by atoms with Crippen LogP contribution in [-0.2, 0) is 17.8 Å². The molecule has 0 fully saturated rings. The maximum Gasteiger partial charge on any atom is 0.269 e. The van der Waals surface area contributed by atoms with Gasteiger partial charge in [-0.25, -0.2) is 0 Å². The molecular weight excluding hydrogens is 344 g/mol. The lowest BCUT2D eigenvalue weighted by molar-refractivity contribution is -0.384. The van der Waals surface area contributed by atoms with Crippen molar-refractivity contribution in [1.82, 2.24) is 14.7 Å². The Balaban J connectivity index is 2.17. The normalized spacial score (nSPS) is 12.3. The smallest absolute Gasteiger partial charge is 0.269 e. The van der Waals surface area contributed by atoms with Crippen LogP contribution in [0, 0.1) is 29.9 Å². The fourth-order valence-corrected chi connectivity index (χ4v) is 3.13. The van der Waals surface area contributed by atoms with Gasteiger partial charge in [-0.05, 0) is 32.3 Å². The average Bonchev–Trinajstić information content (AvgIpc) is 2.87. The standard InChI is InChI=1S/C20H28N4O3/c1-13(2)12-23-16(5)19(14(3)21-23)11-20(25)22(6)15(4)17-8-7-9-18(10-17)24(26)27/h7-10,13,15H,11-12H2,1-6H3/t15-/m1/s1. The van der Waals surface area contributed by atoms with Gasteiger partial charge in [0.1, 0.15) is 0 Å². The molecule has 146 valence electrons. The van der Waals surface area contributed by atoms with Crippen LogP contribution in [0.5, 0.6) is 0 Å². The molecule has 1 amide bonds. The highest BCUT2D eigenvalue weighted by Gasteiger charge is 2.22. The number of carbonyl (C=O) groups is 1. The van der Waals surface area contributed by atoms with Crippen molar-refractivity contribution in [3.63, 3.8) is 0 Å². The van der Waals surface area contributed by atoms with Gasteiger partial charge in [0.2, 0.25) is 5.91 Å². The number of nitrogens with zero attached hydrogens (tertiary/aromatic N) is 4. The van der Waals surface area contributed by atoms with Gasteiger partial charge in [-0.3, -0.25) is 19.6 Å². The van der Waals surface area contributed by atoms with Gasteiger partial charge in [0.25, 0.3) is 5.69 Å². The van der Waals surface area contributed by atoms with Crippen molar-refractivity contribution in [1.29, 1.82) is 0 Å². The van der Waals surface area contributed by atoms with Crippen LogP contribution >= 0.6 is 0 Å². The van der Waals surface area contributed by atoms with Crippen LogP contribution in [0.4, 0.5) is 5.69 Å². The number of benzene rings is 1. The topological polar surface area (TPSA) is 81.3 Å². The second-order valence-electron chi connectivity index (χ2n) is 7.43. The molecule has 1 atom stereocenters. The van der Waals surface area contributed by atoms with Crippen LogP contribution in [0.1, 0.15) is 49.3 Å². The minimum Gasteiger partial charge on any atom is -0.339 e. The Morgan fingerprint density at radius 2 is 1.96 bits per heavy atom. The lowest BCUT2D eigenvalue weighted by atomic mass is 10.0. The van der Waals surface area contributed by atoms with E-state index in [1.807, 2.05) is 25.5 Å². The Labute approximate surface area is 160 Å². The highest BCUT2D eigenvalue weighted by Crippen LogP contribution is 2.24. The molecule has 2 rings (SSSR count). The Kier molecular flexibility index (Phi) is 6.36. The van der Waals surface area contributed by atoms with Gasteiger partial charge in [-0.1, -0.05) is 26.0 Å². The summed E-state index contributed by atoms with van der Waals surface area (Å²) in [7, 11) is 1.73. The summed E-state index contributed by atoms with van der Waals surface area (Å²) in [4.78, 5) is 25.0. The minimum atomic E-state index is -0.423. The molecule has 0 saturated carbocycles. The second-order valence-corrected chi connectivity index (χ2v) is 7.43. The fourth-order valence-electron chi connectivity index (χ4n) is 3.13. The summed E-state index contributed by atoms with van der Waals surface area (Å²) < 4.78 is 1.96. The van der Waals surface area contributed by atoms with Gasteiger partial charge in [0, 0.05) is 37.0 Å². The van der Waals surface area contributed by atoms with Crippen molar-refractivity contribution >= 4 is 11.6 Å². The van der Waals surface area contributed by atoms with Crippen LogP contribution in [0.2, 0.25) is 0 Å². The third-order valence-corrected chi connectivity index (χ3v) is 4.94. The molecule has 0 spiro atoms. The lowest BCUT2D eigenvalue weighted by Crippen LogP contribution is -2.31. The Morgan fingerprint density at radius 1 is 1.30 bits per heavy atom. The van der Waals surface area contributed by atoms with Crippen molar-refractivity contribution in [3.8, 4) is 0 Å². The predicted octanol–water partition coefficient (Wildman–Crippen LogP) is 3.83. The van der Waals surface area contributed by atoms with Crippen molar-refractivity contribution < 1.29 is 9.72 Å². The summed E-state index contributed by atoms with van der Waals surface area (Å²) in [6.07, 6.45) is 0.269. The molecule has 0 saturated heterocycles. The molecule has 0 N–H and O–H groups in total. The van der Waals surface area contributed by atoms with E-state index >= 15 is 0 Å². The van der Waals surface area contributed by atoms with E-state index in [2.05, 4.69) is 18.9 Å². The number of likely N-dealkylation sites (N-methyl/N-ethyl adjacent to an activating group) is 1. The Hall–Kier alpha value is -2.70. The molecule has 0 aliphatic carbocycles. The molecule has 7 nitrogen and oxygen atoms in total. The summed E-state index contributed by atoms with van der Waals surface area (Å²) in [6.45, 7) is 10.9. The number of non-ortho nitro benzene ring substituents is 1. The van der Waals surface area contributed by atoms with E-state index in [4.69, 9.17) is 0 Å². The molecular formula is C20H28N4O3. The lowest BCUT2D eigenvalue weighted by Gasteiger charge is -2.25. The van der Waals surface area contributed by atoms with Crippen LogP contribution in [0.25, 0.3) is 0 Å². The van der Waals surface area contributed by atoms with E-state index in [1.54, 1.807) is 24.1 Å². The zero-order valence-electron chi connectivity index (χ0n) is 16.9. The summed E-state index contributed by atoms with van der Waals surface area (Å²) in [5.74, 6) is 0.437. The molecule has 7 heteroatoms. The zero-order valence-corrected chi connectivity index (χ0v) is 16.9. The Bertz CT molecular complexity index is 842. The molecule has 27 heavy (non-hydrogen) atoms. The molecule has 1 aromatic carbocycles. The predicted molar refractivity (Wildman–Crippen MR) is 105 cm³/mol. The van der Waals surface area contributed by atoms with Gasteiger partial charge >= 0.3 is 0 Å². The van der Waals surface area contributed by atoms with E-state index in [1.165, 1.54) is 12.1 Å².